The van der Waals surface area contributed by atoms with Crippen molar-refractivity contribution in [3.8, 4) is 5.75 Å². The fourth-order valence-corrected chi connectivity index (χ4v) is 2.75. The SMILES string of the molecule is CC.O=C1CCC(NC(=O)CCNSc2ccc(OC(F)(F)F)cc2)C(=O)N1. The van der Waals surface area contributed by atoms with E-state index in [2.05, 4.69) is 20.1 Å². The summed E-state index contributed by atoms with van der Waals surface area (Å²) >= 11 is 1.15. The summed E-state index contributed by atoms with van der Waals surface area (Å²) in [5.74, 6) is -1.53. The molecule has 0 aromatic heterocycles. The summed E-state index contributed by atoms with van der Waals surface area (Å²) < 4.78 is 42.8. The van der Waals surface area contributed by atoms with Gasteiger partial charge in [-0.1, -0.05) is 13.8 Å². The van der Waals surface area contributed by atoms with E-state index in [0.717, 1.165) is 11.9 Å². The van der Waals surface area contributed by atoms with Crippen LogP contribution < -0.4 is 20.1 Å². The average Bonchev–Trinajstić information content (AvgIpc) is 2.63. The molecule has 0 bridgehead atoms. The lowest BCUT2D eigenvalue weighted by Crippen LogP contribution is -2.52. The summed E-state index contributed by atoms with van der Waals surface area (Å²) in [7, 11) is 0. The summed E-state index contributed by atoms with van der Waals surface area (Å²) in [4.78, 5) is 35.0. The molecule has 0 radical (unpaired) electrons. The number of carbonyl (C=O) groups excluding carboxylic acids is 3. The number of amides is 3. The van der Waals surface area contributed by atoms with Crippen molar-refractivity contribution >= 4 is 29.7 Å². The Morgan fingerprint density at radius 3 is 2.46 bits per heavy atom. The molecule has 0 aliphatic carbocycles. The predicted octanol–water partition coefficient (Wildman–Crippen LogP) is 2.52. The summed E-state index contributed by atoms with van der Waals surface area (Å²) in [6.07, 6.45) is -4.19. The van der Waals surface area contributed by atoms with Gasteiger partial charge in [0, 0.05) is 24.3 Å². The predicted molar refractivity (Wildman–Crippen MR) is 97.3 cm³/mol. The van der Waals surface area contributed by atoms with E-state index in [1.807, 2.05) is 13.8 Å². The van der Waals surface area contributed by atoms with E-state index in [1.165, 1.54) is 24.3 Å². The monoisotopic (exact) mass is 421 g/mol. The number of hydrogen-bond acceptors (Lipinski definition) is 6. The lowest BCUT2D eigenvalue weighted by molar-refractivity contribution is -0.274. The molecule has 2 rings (SSSR count). The number of imide groups is 1. The summed E-state index contributed by atoms with van der Waals surface area (Å²) in [6, 6.07) is 4.55. The van der Waals surface area contributed by atoms with Crippen molar-refractivity contribution in [2.24, 2.45) is 0 Å². The number of carbonyl (C=O) groups is 3. The van der Waals surface area contributed by atoms with E-state index in [0.29, 0.717) is 4.90 Å². The third-order valence-corrected chi connectivity index (χ3v) is 4.13. The lowest BCUT2D eigenvalue weighted by Gasteiger charge is -2.21. The second-order valence-electron chi connectivity index (χ2n) is 5.34. The van der Waals surface area contributed by atoms with Gasteiger partial charge >= 0.3 is 6.36 Å². The minimum absolute atomic E-state index is 0.0972. The highest BCUT2D eigenvalue weighted by Gasteiger charge is 2.31. The van der Waals surface area contributed by atoms with E-state index in [-0.39, 0.29) is 43.4 Å². The molecule has 3 N–H and O–H groups in total. The molecule has 1 unspecified atom stereocenters. The smallest absolute Gasteiger partial charge is 0.406 e. The highest BCUT2D eigenvalue weighted by Crippen LogP contribution is 2.25. The molecule has 1 saturated heterocycles. The molecule has 0 spiro atoms. The van der Waals surface area contributed by atoms with Gasteiger partial charge in [0.15, 0.2) is 0 Å². The maximum atomic E-state index is 12.1. The average molecular weight is 421 g/mol. The molecule has 156 valence electrons. The zero-order valence-corrected chi connectivity index (χ0v) is 16.2. The Balaban J connectivity index is 0.00000190. The van der Waals surface area contributed by atoms with Gasteiger partial charge in [-0.2, -0.15) is 0 Å². The van der Waals surface area contributed by atoms with Crippen LogP contribution >= 0.6 is 11.9 Å². The number of ether oxygens (including phenoxy) is 1. The Hall–Kier alpha value is -2.27. The molecular formula is C17H22F3N3O4S. The van der Waals surface area contributed by atoms with Crippen molar-refractivity contribution in [1.82, 2.24) is 15.4 Å². The zero-order chi connectivity index (χ0) is 21.2. The molecule has 1 heterocycles. The Labute approximate surface area is 164 Å². The molecule has 3 amide bonds. The van der Waals surface area contributed by atoms with Crippen LogP contribution in [-0.4, -0.2) is 36.7 Å². The molecule has 1 aliphatic rings. The van der Waals surface area contributed by atoms with Crippen LogP contribution in [0, 0.1) is 0 Å². The Morgan fingerprint density at radius 1 is 1.25 bits per heavy atom. The van der Waals surface area contributed by atoms with Gasteiger partial charge in [-0.15, -0.1) is 13.2 Å². The van der Waals surface area contributed by atoms with Crippen LogP contribution in [0.4, 0.5) is 13.2 Å². The number of hydrogen-bond donors (Lipinski definition) is 3. The highest BCUT2D eigenvalue weighted by atomic mass is 32.2. The van der Waals surface area contributed by atoms with Crippen molar-refractivity contribution in [3.05, 3.63) is 24.3 Å². The second kappa shape index (κ2) is 11.5. The minimum atomic E-state index is -4.73. The Morgan fingerprint density at radius 2 is 1.89 bits per heavy atom. The summed E-state index contributed by atoms with van der Waals surface area (Å²) in [5.41, 5.74) is 0. The Bertz CT molecular complexity index is 669. The molecule has 11 heteroatoms. The number of piperidine rings is 1. The van der Waals surface area contributed by atoms with Gasteiger partial charge in [0.05, 0.1) is 0 Å². The number of benzene rings is 1. The van der Waals surface area contributed by atoms with Crippen LogP contribution in [0.15, 0.2) is 29.2 Å². The van der Waals surface area contributed by atoms with Gasteiger partial charge in [-0.25, -0.2) is 0 Å². The number of rotatable bonds is 7. The quantitative estimate of drug-likeness (QED) is 0.356. The van der Waals surface area contributed by atoms with Crippen molar-refractivity contribution in [2.75, 3.05) is 6.54 Å². The fourth-order valence-electron chi connectivity index (χ4n) is 2.11. The first-order valence-electron chi connectivity index (χ1n) is 8.61. The van der Waals surface area contributed by atoms with E-state index in [4.69, 9.17) is 0 Å². The maximum absolute atomic E-state index is 12.1. The molecule has 1 fully saturated rings. The first-order valence-corrected chi connectivity index (χ1v) is 9.43. The van der Waals surface area contributed by atoms with Crippen LogP contribution in [0.1, 0.15) is 33.1 Å². The van der Waals surface area contributed by atoms with Gasteiger partial charge in [0.1, 0.15) is 11.8 Å². The third kappa shape index (κ3) is 9.09. The van der Waals surface area contributed by atoms with E-state index < -0.39 is 18.3 Å². The summed E-state index contributed by atoms with van der Waals surface area (Å²) in [6.45, 7) is 4.28. The van der Waals surface area contributed by atoms with Crippen LogP contribution in [-0.2, 0) is 14.4 Å². The first kappa shape index (κ1) is 23.8. The Kier molecular flexibility index (Phi) is 9.80. The van der Waals surface area contributed by atoms with Gasteiger partial charge in [0.25, 0.3) is 0 Å². The third-order valence-electron chi connectivity index (χ3n) is 3.28. The molecule has 1 aliphatic heterocycles. The molecule has 1 atom stereocenters. The van der Waals surface area contributed by atoms with Crippen LogP contribution in [0.2, 0.25) is 0 Å². The van der Waals surface area contributed by atoms with Gasteiger partial charge < -0.3 is 10.1 Å². The van der Waals surface area contributed by atoms with Gasteiger partial charge in [-0.05, 0) is 42.6 Å². The summed E-state index contributed by atoms with van der Waals surface area (Å²) in [5, 5.41) is 4.69. The van der Waals surface area contributed by atoms with E-state index >= 15 is 0 Å². The molecule has 0 saturated carbocycles. The lowest BCUT2D eigenvalue weighted by atomic mass is 10.1. The van der Waals surface area contributed by atoms with Gasteiger partial charge in [-0.3, -0.25) is 24.4 Å². The molecule has 28 heavy (non-hydrogen) atoms. The van der Waals surface area contributed by atoms with Crippen LogP contribution in [0.25, 0.3) is 0 Å². The molecule has 7 nitrogen and oxygen atoms in total. The molecule has 1 aromatic rings. The minimum Gasteiger partial charge on any atom is -0.406 e. The first-order chi connectivity index (χ1) is 13.2. The molecular weight excluding hydrogens is 399 g/mol. The number of alkyl halides is 3. The fraction of sp³-hybridized carbons (Fsp3) is 0.471. The van der Waals surface area contributed by atoms with Crippen molar-refractivity contribution in [1.29, 1.82) is 0 Å². The molecule has 1 aromatic carbocycles. The normalized spacial score (nSPS) is 16.5. The zero-order valence-electron chi connectivity index (χ0n) is 15.4. The number of nitrogens with one attached hydrogen (secondary N) is 3. The van der Waals surface area contributed by atoms with Crippen molar-refractivity contribution in [3.63, 3.8) is 0 Å². The van der Waals surface area contributed by atoms with Crippen molar-refractivity contribution in [2.45, 2.75) is 50.4 Å². The van der Waals surface area contributed by atoms with Crippen molar-refractivity contribution < 1.29 is 32.3 Å². The second-order valence-corrected chi connectivity index (χ2v) is 6.30. The van der Waals surface area contributed by atoms with Crippen LogP contribution in [0.5, 0.6) is 5.75 Å². The van der Waals surface area contributed by atoms with E-state index in [1.54, 1.807) is 0 Å². The highest BCUT2D eigenvalue weighted by molar-refractivity contribution is 7.97. The maximum Gasteiger partial charge on any atom is 0.573 e. The van der Waals surface area contributed by atoms with Crippen LogP contribution in [0.3, 0.4) is 0 Å². The largest absolute Gasteiger partial charge is 0.573 e. The van der Waals surface area contributed by atoms with Gasteiger partial charge in [0.2, 0.25) is 17.7 Å². The number of halogens is 3. The van der Waals surface area contributed by atoms with E-state index in [9.17, 15) is 27.6 Å². The standard InChI is InChI=1S/C15H16F3N3O4S.C2H6/c16-15(17,18)25-9-1-3-10(4-2-9)26-19-8-7-13(23)20-11-5-6-12(22)21-14(11)24;1-2/h1-4,11,19H,5-8H2,(H,20,23)(H,21,22,24);1-2H3. The topological polar surface area (TPSA) is 96.5 Å².